The van der Waals surface area contributed by atoms with E-state index in [-0.39, 0.29) is 0 Å². The highest BCUT2D eigenvalue weighted by Gasteiger charge is 2.34. The van der Waals surface area contributed by atoms with E-state index < -0.39 is 0 Å². The minimum absolute atomic E-state index is 0.530. The molecule has 1 aliphatic heterocycles. The number of nitrogens with one attached hydrogen (secondary N) is 1. The Kier molecular flexibility index (Phi) is 4.66. The van der Waals surface area contributed by atoms with Crippen LogP contribution in [0.1, 0.15) is 52.4 Å². The number of furan rings is 1. The average molecular weight is 374 g/mol. The van der Waals surface area contributed by atoms with E-state index in [0.717, 1.165) is 17.4 Å². The average Bonchev–Trinajstić information content (AvgIpc) is 3.12. The zero-order valence-electron chi connectivity index (χ0n) is 17.1. The lowest BCUT2D eigenvalue weighted by atomic mass is 9.72. The summed E-state index contributed by atoms with van der Waals surface area (Å²) in [5.41, 5.74) is 5.22. The maximum atomic E-state index is 6.09. The number of benzene rings is 1. The summed E-state index contributed by atoms with van der Waals surface area (Å²) in [6.45, 7) is 4.71. The molecule has 2 aromatic rings. The quantitative estimate of drug-likeness (QED) is 0.816. The minimum Gasteiger partial charge on any atom is -0.456 e. The Labute approximate surface area is 167 Å². The topological polar surface area (TPSA) is 25.2 Å². The van der Waals surface area contributed by atoms with Crippen molar-refractivity contribution in [1.82, 2.24) is 5.32 Å². The van der Waals surface area contributed by atoms with Crippen molar-refractivity contribution in [3.05, 3.63) is 58.3 Å². The molecule has 0 amide bonds. The highest BCUT2D eigenvalue weighted by molar-refractivity contribution is 5.79. The molecule has 5 rings (SSSR count). The predicted octanol–water partition coefficient (Wildman–Crippen LogP) is 5.03. The van der Waals surface area contributed by atoms with Gasteiger partial charge in [-0.1, -0.05) is 44.2 Å². The third-order valence-corrected chi connectivity index (χ3v) is 6.96. The third-order valence-electron chi connectivity index (χ3n) is 6.96. The van der Waals surface area contributed by atoms with E-state index >= 15 is 0 Å². The van der Waals surface area contributed by atoms with Crippen molar-refractivity contribution in [2.45, 2.75) is 58.4 Å². The molecule has 3 aliphatic rings. The lowest BCUT2D eigenvalue weighted by Crippen LogP contribution is -2.45. The molecule has 0 radical (unpaired) electrons. The van der Waals surface area contributed by atoms with Gasteiger partial charge in [-0.15, -0.1) is 0 Å². The van der Waals surface area contributed by atoms with E-state index in [1.165, 1.54) is 42.7 Å². The van der Waals surface area contributed by atoms with Gasteiger partial charge in [0.05, 0.1) is 0 Å². The monoisotopic (exact) mass is 373 g/mol. The standard InChI is InChI=1S/C26H31NO/c1-17(2)26-22(15-20(16-27-26)18-8-4-3-5-9-18)19-12-13-25-23(14-19)21-10-6-7-11-24(21)28-25/h6-8,10-11,13-14,16-17,19,22,26-27H,3-5,9,12,15H2,1-2H3. The van der Waals surface area contributed by atoms with E-state index in [1.807, 2.05) is 0 Å². The van der Waals surface area contributed by atoms with Gasteiger partial charge >= 0.3 is 0 Å². The van der Waals surface area contributed by atoms with Gasteiger partial charge < -0.3 is 9.73 Å². The maximum absolute atomic E-state index is 6.09. The first kappa shape index (κ1) is 17.8. The Morgan fingerprint density at radius 3 is 2.79 bits per heavy atom. The summed E-state index contributed by atoms with van der Waals surface area (Å²) in [5.74, 6) is 1.81. The highest BCUT2D eigenvalue weighted by atomic mass is 16.3. The molecule has 28 heavy (non-hydrogen) atoms. The van der Waals surface area contributed by atoms with Crippen LogP contribution < -0.4 is 16.0 Å². The van der Waals surface area contributed by atoms with Gasteiger partial charge in [0, 0.05) is 22.8 Å². The van der Waals surface area contributed by atoms with Crippen LogP contribution in [0.5, 0.6) is 0 Å². The van der Waals surface area contributed by atoms with Gasteiger partial charge in [0.1, 0.15) is 11.0 Å². The molecule has 0 fully saturated rings. The van der Waals surface area contributed by atoms with Crippen molar-refractivity contribution in [2.24, 2.45) is 17.8 Å². The fourth-order valence-corrected chi connectivity index (χ4v) is 5.45. The van der Waals surface area contributed by atoms with E-state index in [4.69, 9.17) is 4.42 Å². The second-order valence-electron chi connectivity index (χ2n) is 9.10. The molecule has 146 valence electrons. The van der Waals surface area contributed by atoms with Gasteiger partial charge in [-0.05, 0) is 79.6 Å². The second-order valence-corrected chi connectivity index (χ2v) is 9.10. The van der Waals surface area contributed by atoms with Gasteiger partial charge in [0.25, 0.3) is 0 Å². The van der Waals surface area contributed by atoms with Gasteiger partial charge in [-0.2, -0.15) is 0 Å². The molecule has 2 aliphatic carbocycles. The van der Waals surface area contributed by atoms with Gasteiger partial charge in [0.15, 0.2) is 0 Å². The molecule has 0 saturated heterocycles. The van der Waals surface area contributed by atoms with Gasteiger partial charge in [-0.25, -0.2) is 0 Å². The molecular formula is C26H31NO. The number of allylic oxidation sites excluding steroid dienone is 3. The lowest BCUT2D eigenvalue weighted by molar-refractivity contribution is 0.244. The summed E-state index contributed by atoms with van der Waals surface area (Å²) in [5, 5.41) is 6.37. The number of rotatable bonds is 3. The molecule has 1 aromatic carbocycles. The minimum atomic E-state index is 0.530. The van der Waals surface area contributed by atoms with Crippen LogP contribution in [0.4, 0.5) is 0 Å². The summed E-state index contributed by atoms with van der Waals surface area (Å²) in [6, 6.07) is 8.98. The molecule has 3 unspecified atom stereocenters. The van der Waals surface area contributed by atoms with E-state index in [0.29, 0.717) is 23.8 Å². The Balaban J connectivity index is 1.51. The van der Waals surface area contributed by atoms with Crippen LogP contribution in [-0.4, -0.2) is 6.04 Å². The van der Waals surface area contributed by atoms with Crippen LogP contribution in [0.25, 0.3) is 23.1 Å². The Morgan fingerprint density at radius 2 is 1.96 bits per heavy atom. The summed E-state index contributed by atoms with van der Waals surface area (Å²) in [7, 11) is 0. The Bertz CT molecular complexity index is 1050. The zero-order valence-corrected chi connectivity index (χ0v) is 17.1. The van der Waals surface area contributed by atoms with Crippen molar-refractivity contribution in [1.29, 1.82) is 0 Å². The number of para-hydroxylation sites is 1. The molecule has 0 saturated carbocycles. The maximum Gasteiger partial charge on any atom is 0.135 e. The summed E-state index contributed by atoms with van der Waals surface area (Å²) in [4.78, 5) is 0. The smallest absolute Gasteiger partial charge is 0.135 e. The van der Waals surface area contributed by atoms with Crippen LogP contribution in [0, 0.1) is 17.8 Å². The molecular weight excluding hydrogens is 342 g/mol. The van der Waals surface area contributed by atoms with Crippen LogP contribution in [0.15, 0.2) is 52.1 Å². The first-order chi connectivity index (χ1) is 13.7. The van der Waals surface area contributed by atoms with Crippen LogP contribution in [0.2, 0.25) is 0 Å². The predicted molar refractivity (Wildman–Crippen MR) is 117 cm³/mol. The normalized spacial score (nSPS) is 27.3. The molecule has 3 atom stereocenters. The molecule has 1 aromatic heterocycles. The van der Waals surface area contributed by atoms with Gasteiger partial charge in [-0.3, -0.25) is 0 Å². The second kappa shape index (κ2) is 7.31. The molecule has 1 N–H and O–H groups in total. The first-order valence-electron chi connectivity index (χ1n) is 11.0. The zero-order chi connectivity index (χ0) is 19.1. The largest absolute Gasteiger partial charge is 0.456 e. The van der Waals surface area contributed by atoms with E-state index in [1.54, 1.807) is 11.1 Å². The molecule has 2 heterocycles. The fraction of sp³-hybridized carbons (Fsp3) is 0.462. The number of hydrogen-bond donors (Lipinski definition) is 1. The number of fused-ring (bicyclic) bond motifs is 3. The third kappa shape index (κ3) is 3.13. The molecule has 2 nitrogen and oxygen atoms in total. The molecule has 0 spiro atoms. The lowest BCUT2D eigenvalue weighted by Gasteiger charge is -2.40. The first-order valence-corrected chi connectivity index (χ1v) is 11.0. The summed E-state index contributed by atoms with van der Waals surface area (Å²) in [6.07, 6.45) is 17.1. The van der Waals surface area contributed by atoms with Crippen molar-refractivity contribution in [2.75, 3.05) is 0 Å². The Morgan fingerprint density at radius 1 is 1.07 bits per heavy atom. The van der Waals surface area contributed by atoms with Crippen LogP contribution in [-0.2, 0) is 0 Å². The van der Waals surface area contributed by atoms with Crippen molar-refractivity contribution >= 4 is 23.1 Å². The van der Waals surface area contributed by atoms with E-state index in [2.05, 4.69) is 67.9 Å². The van der Waals surface area contributed by atoms with Gasteiger partial charge in [0.2, 0.25) is 0 Å². The van der Waals surface area contributed by atoms with Crippen molar-refractivity contribution in [3.63, 3.8) is 0 Å². The highest BCUT2D eigenvalue weighted by Crippen LogP contribution is 2.38. The van der Waals surface area contributed by atoms with Crippen LogP contribution in [0.3, 0.4) is 0 Å². The molecule has 2 heteroatoms. The summed E-state index contributed by atoms with van der Waals surface area (Å²) >= 11 is 0. The number of hydrogen-bond acceptors (Lipinski definition) is 2. The SMILES string of the molecule is CC(C)C1NC=C(C2=CCCCC2)CC1C1C=c2c(oc3ccccc23)=CC1. The fourth-order valence-electron chi connectivity index (χ4n) is 5.45. The van der Waals surface area contributed by atoms with Crippen molar-refractivity contribution < 1.29 is 4.42 Å². The Hall–Kier alpha value is -2.22. The van der Waals surface area contributed by atoms with Crippen molar-refractivity contribution in [3.8, 4) is 0 Å². The van der Waals surface area contributed by atoms with E-state index in [9.17, 15) is 0 Å². The summed E-state index contributed by atoms with van der Waals surface area (Å²) < 4.78 is 6.09. The van der Waals surface area contributed by atoms with Crippen LogP contribution >= 0.6 is 0 Å². The molecule has 0 bridgehead atoms.